The summed E-state index contributed by atoms with van der Waals surface area (Å²) >= 11 is 1.19. The van der Waals surface area contributed by atoms with Crippen molar-refractivity contribution in [2.24, 2.45) is 17.8 Å². The zero-order valence-electron chi connectivity index (χ0n) is 28.2. The van der Waals surface area contributed by atoms with E-state index in [1.807, 2.05) is 41.7 Å². The number of rotatable bonds is 19. The number of ether oxygens (including phenoxy) is 1. The number of nitrogens with zero attached hydrogens (tertiary/aromatic N) is 3. The lowest BCUT2D eigenvalue weighted by Gasteiger charge is -2.39. The third-order valence-electron chi connectivity index (χ3n) is 8.57. The number of ketones is 1. The van der Waals surface area contributed by atoms with Crippen molar-refractivity contribution in [2.75, 3.05) is 33.3 Å². The Morgan fingerprint density at radius 2 is 1.98 bits per heavy atom. The van der Waals surface area contributed by atoms with Gasteiger partial charge in [-0.25, -0.2) is 9.78 Å². The fourth-order valence-corrected chi connectivity index (χ4v) is 6.43. The van der Waals surface area contributed by atoms with Crippen molar-refractivity contribution in [3.05, 3.63) is 16.1 Å². The maximum absolute atomic E-state index is 14.5. The Morgan fingerprint density at radius 1 is 1.23 bits per heavy atom. The number of esters is 1. The van der Waals surface area contributed by atoms with Crippen LogP contribution < -0.4 is 5.32 Å². The summed E-state index contributed by atoms with van der Waals surface area (Å²) in [7, 11) is 1.97. The largest absolute Gasteiger partial charge is 0.461 e. The van der Waals surface area contributed by atoms with Gasteiger partial charge in [-0.1, -0.05) is 53.9 Å². The van der Waals surface area contributed by atoms with E-state index in [0.29, 0.717) is 18.0 Å². The van der Waals surface area contributed by atoms with Gasteiger partial charge in [0.15, 0.2) is 11.5 Å². The molecule has 1 saturated heterocycles. The first kappa shape index (κ1) is 35.1. The summed E-state index contributed by atoms with van der Waals surface area (Å²) in [5.41, 5.74) is 0.140. The average molecular weight is 625 g/mol. The number of nitrogens with one attached hydrogen (secondary N) is 1. The summed E-state index contributed by atoms with van der Waals surface area (Å²) in [6, 6.07) is -0.696. The van der Waals surface area contributed by atoms with Crippen LogP contribution >= 0.6 is 11.3 Å². The molecule has 43 heavy (non-hydrogen) atoms. The van der Waals surface area contributed by atoms with Gasteiger partial charge in [0.1, 0.15) is 11.1 Å². The van der Waals surface area contributed by atoms with Gasteiger partial charge in [0.05, 0.1) is 19.2 Å². The molecule has 10 nitrogen and oxygen atoms in total. The van der Waals surface area contributed by atoms with Gasteiger partial charge in [-0.2, -0.15) is 0 Å². The number of unbranched alkanes of at least 4 members (excludes halogenated alkanes) is 1. The van der Waals surface area contributed by atoms with E-state index < -0.39 is 24.0 Å². The number of likely N-dealkylation sites (N-methyl/N-ethyl adjacent to an activating group) is 1. The van der Waals surface area contributed by atoms with E-state index in [1.54, 1.807) is 17.2 Å². The zero-order chi connectivity index (χ0) is 32.8. The number of thiazole rings is 1. The van der Waals surface area contributed by atoms with Crippen LogP contribution in [0.5, 0.6) is 0 Å². The lowest BCUT2D eigenvalue weighted by Crippen LogP contribution is -2.52. The number of likely N-dealkylation sites (tertiary alicyclic amines) is 1. The molecule has 1 fully saturated rings. The number of aliphatic hydroxyl groups is 1. The fourth-order valence-electron chi connectivity index (χ4n) is 5.65. The van der Waals surface area contributed by atoms with E-state index in [4.69, 9.17) is 11.3 Å². The normalized spacial score (nSPS) is 18.8. The third kappa shape index (κ3) is 10.9. The number of carbonyl (C=O) groups is 4. The molecule has 0 spiro atoms. The lowest BCUT2D eigenvalue weighted by molar-refractivity contribution is -0.147. The standard InChI is InChI=1S/C32H54N4O6S/c1-8-11-15-33-29(39)19-36(26(21(4)5)18-28(38)30-34-24(20-43-30)32(41)42-10-3)31(40)23(22(6)9-2)17-27(37)25-14-12-13-16-35(25)7/h20-23,25-26,28,38H,8-19H2,1-7H3,(H,33,39)/t22-,23-,25+,26+,28+/m0/s1/i38T. The van der Waals surface area contributed by atoms with Gasteiger partial charge in [-0.05, 0) is 51.6 Å². The first-order valence-electron chi connectivity index (χ1n) is 16.4. The fraction of sp³-hybridized carbons (Fsp3) is 0.781. The molecule has 1 aromatic rings. The number of aromatic nitrogens is 1. The molecule has 0 aliphatic carbocycles. The molecule has 2 amide bonds. The van der Waals surface area contributed by atoms with Crippen molar-refractivity contribution in [1.29, 1.82) is 1.43 Å². The molecule has 1 aromatic heterocycles. The molecule has 2 heterocycles. The molecule has 2 N–H and O–H groups in total. The van der Waals surface area contributed by atoms with Crippen LogP contribution in [-0.4, -0.2) is 90.3 Å². The number of Topliss-reactive ketones (excluding diaryl/α,β-unsaturated/α-hetero) is 1. The summed E-state index contributed by atoms with van der Waals surface area (Å²) in [4.78, 5) is 61.6. The zero-order valence-corrected chi connectivity index (χ0v) is 28.0. The molecular formula is C32H54N4O6S. The topological polar surface area (TPSA) is 129 Å². The van der Waals surface area contributed by atoms with Crippen LogP contribution in [0, 0.1) is 17.8 Å². The number of piperidine rings is 1. The Morgan fingerprint density at radius 3 is 2.58 bits per heavy atom. The van der Waals surface area contributed by atoms with E-state index in [0.717, 1.165) is 38.6 Å². The Hall–Kier alpha value is -2.37. The Balaban J connectivity index is 2.43. The maximum Gasteiger partial charge on any atom is 0.357 e. The van der Waals surface area contributed by atoms with Crippen molar-refractivity contribution in [2.45, 2.75) is 111 Å². The molecule has 5 atom stereocenters. The van der Waals surface area contributed by atoms with Crippen LogP contribution in [0.4, 0.5) is 0 Å². The second-order valence-corrected chi connectivity index (χ2v) is 13.0. The van der Waals surface area contributed by atoms with Crippen LogP contribution in [0.1, 0.15) is 115 Å². The molecule has 11 heteroatoms. The first-order valence-corrected chi connectivity index (χ1v) is 16.9. The number of hydrogen-bond donors (Lipinski definition) is 2. The van der Waals surface area contributed by atoms with Gasteiger partial charge in [-0.15, -0.1) is 11.3 Å². The summed E-state index contributed by atoms with van der Waals surface area (Å²) in [5.74, 6) is -1.75. The summed E-state index contributed by atoms with van der Waals surface area (Å²) in [6.07, 6.45) is 4.78. The molecule has 0 saturated carbocycles. The van der Waals surface area contributed by atoms with E-state index in [1.165, 1.54) is 11.3 Å². The SMILES string of the molecule is [3H]O[C@H](C[C@H](C(C)C)N(CC(=O)NCCCC)C(=O)[C@@H](CC(=O)[C@H]1CCCCN1C)[C@@H](C)CC)c1nc(C(=O)OCC)cs1. The number of amides is 2. The van der Waals surface area contributed by atoms with Gasteiger partial charge in [0.25, 0.3) is 0 Å². The predicted molar refractivity (Wildman–Crippen MR) is 169 cm³/mol. The first-order chi connectivity index (χ1) is 21.0. The van der Waals surface area contributed by atoms with Gasteiger partial charge in [-0.3, -0.25) is 19.3 Å². The molecule has 0 unspecified atom stereocenters. The Bertz CT molecular complexity index is 1070. The maximum atomic E-state index is 14.5. The second kappa shape index (κ2) is 18.4. The summed E-state index contributed by atoms with van der Waals surface area (Å²) < 4.78 is 12.9. The molecule has 244 valence electrons. The monoisotopic (exact) mass is 624 g/mol. The lowest BCUT2D eigenvalue weighted by atomic mass is 9.82. The molecular weight excluding hydrogens is 568 g/mol. The Labute approximate surface area is 263 Å². The van der Waals surface area contributed by atoms with Gasteiger partial charge in [0, 0.05) is 36.7 Å². The minimum atomic E-state index is -0.839. The van der Waals surface area contributed by atoms with Gasteiger partial charge < -0.3 is 20.1 Å². The predicted octanol–water partition coefficient (Wildman–Crippen LogP) is 4.62. The minimum Gasteiger partial charge on any atom is -0.461 e. The Kier molecular flexibility index (Phi) is 15.1. The highest BCUT2D eigenvalue weighted by Gasteiger charge is 2.39. The third-order valence-corrected chi connectivity index (χ3v) is 9.50. The van der Waals surface area contributed by atoms with Crippen LogP contribution in [-0.2, 0) is 19.1 Å². The summed E-state index contributed by atoms with van der Waals surface area (Å²) in [6.45, 7) is 13.1. The number of aliphatic hydroxyl groups excluding tert-OH is 1. The molecule has 0 bridgehead atoms. The van der Waals surface area contributed by atoms with E-state index >= 15 is 0 Å². The quantitative estimate of drug-likeness (QED) is 0.169. The van der Waals surface area contributed by atoms with Gasteiger partial charge in [0.2, 0.25) is 13.2 Å². The average Bonchev–Trinajstić information content (AvgIpc) is 3.49. The van der Waals surface area contributed by atoms with Crippen LogP contribution in [0.2, 0.25) is 0 Å². The molecule has 1 aliphatic heterocycles. The minimum absolute atomic E-state index is 0.0703. The highest BCUT2D eigenvalue weighted by Crippen LogP contribution is 2.31. The van der Waals surface area contributed by atoms with Crippen molar-refractivity contribution in [3.63, 3.8) is 0 Å². The molecule has 2 rings (SSSR count). The van der Waals surface area contributed by atoms with E-state index in [2.05, 4.69) is 15.2 Å². The smallest absolute Gasteiger partial charge is 0.357 e. The molecule has 0 aromatic carbocycles. The van der Waals surface area contributed by atoms with Crippen LogP contribution in [0.25, 0.3) is 0 Å². The number of hydrogen-bond acceptors (Lipinski definition) is 9. The van der Waals surface area contributed by atoms with Crippen LogP contribution in [0.15, 0.2) is 5.38 Å². The van der Waals surface area contributed by atoms with Gasteiger partial charge >= 0.3 is 5.97 Å². The van der Waals surface area contributed by atoms with E-state index in [9.17, 15) is 19.2 Å². The van der Waals surface area contributed by atoms with Crippen molar-refractivity contribution >= 4 is 34.9 Å². The molecule has 0 radical (unpaired) electrons. The van der Waals surface area contributed by atoms with Crippen molar-refractivity contribution in [1.82, 2.24) is 20.1 Å². The molecule has 1 aliphatic rings. The highest BCUT2D eigenvalue weighted by atomic mass is 32.1. The highest BCUT2D eigenvalue weighted by molar-refractivity contribution is 7.09. The van der Waals surface area contributed by atoms with Crippen molar-refractivity contribution < 1.29 is 29.0 Å². The van der Waals surface area contributed by atoms with E-state index in [-0.39, 0.29) is 67.2 Å². The summed E-state index contributed by atoms with van der Waals surface area (Å²) in [5, 5.41) is 10.0. The second-order valence-electron chi connectivity index (χ2n) is 12.2. The van der Waals surface area contributed by atoms with Crippen molar-refractivity contribution in [3.8, 4) is 0 Å². The van der Waals surface area contributed by atoms with Crippen LogP contribution in [0.3, 0.4) is 0 Å². The number of carbonyl (C=O) groups excluding carboxylic acids is 4.